The Morgan fingerprint density at radius 3 is 2.18 bits per heavy atom. The van der Waals surface area contributed by atoms with E-state index in [-0.39, 0.29) is 27.6 Å². The van der Waals surface area contributed by atoms with Crippen molar-refractivity contribution in [2.45, 2.75) is 11.8 Å². The van der Waals surface area contributed by atoms with Crippen LogP contribution in [0.15, 0.2) is 82.5 Å². The summed E-state index contributed by atoms with van der Waals surface area (Å²) in [6.45, 7) is 1.88. The number of para-hydroxylation sites is 1. The van der Waals surface area contributed by atoms with E-state index in [1.807, 2.05) is 6.92 Å². The Morgan fingerprint density at radius 1 is 0.758 bits per heavy atom. The van der Waals surface area contributed by atoms with Crippen molar-refractivity contribution in [1.29, 1.82) is 0 Å². The Balaban J connectivity index is 1.96. The lowest BCUT2D eigenvalue weighted by Crippen LogP contribution is -2.27. The molecule has 0 saturated carbocycles. The van der Waals surface area contributed by atoms with Crippen molar-refractivity contribution in [3.05, 3.63) is 94.3 Å². The first-order valence-electron chi connectivity index (χ1n) is 10.3. The molecule has 2 heterocycles. The van der Waals surface area contributed by atoms with Crippen molar-refractivity contribution in [3.63, 3.8) is 0 Å². The lowest BCUT2D eigenvalue weighted by Gasteiger charge is -2.28. The van der Waals surface area contributed by atoms with E-state index >= 15 is 0 Å². The molecule has 1 aliphatic heterocycles. The third-order valence-electron chi connectivity index (χ3n) is 6.04. The van der Waals surface area contributed by atoms with Crippen LogP contribution in [0.25, 0.3) is 10.9 Å². The number of carbonyl (C=O) groups is 1. The number of hydrogen-bond acceptors (Lipinski definition) is 4. The quantitative estimate of drug-likeness (QED) is 0.454. The van der Waals surface area contributed by atoms with Gasteiger partial charge in [0.25, 0.3) is 21.5 Å². The Morgan fingerprint density at radius 2 is 1.45 bits per heavy atom. The van der Waals surface area contributed by atoms with Crippen LogP contribution in [0.3, 0.4) is 0 Å². The Hall–Kier alpha value is -3.91. The smallest absolute Gasteiger partial charge is 0.268 e. The Kier molecular flexibility index (Phi) is 4.65. The van der Waals surface area contributed by atoms with Crippen molar-refractivity contribution in [2.75, 3.05) is 16.3 Å². The minimum Gasteiger partial charge on any atom is -0.311 e. The number of aryl methyl sites for hydroxylation is 2. The summed E-state index contributed by atoms with van der Waals surface area (Å²) in [5, 5.41) is 0.543. The van der Waals surface area contributed by atoms with Crippen molar-refractivity contribution in [1.82, 2.24) is 4.57 Å². The van der Waals surface area contributed by atoms with Gasteiger partial charge in [-0.15, -0.1) is 0 Å². The molecule has 0 atom stereocenters. The molecule has 0 fully saturated rings. The summed E-state index contributed by atoms with van der Waals surface area (Å²) in [6, 6.07) is 19.7. The molecule has 0 spiro atoms. The van der Waals surface area contributed by atoms with Crippen LogP contribution in [0, 0.1) is 6.92 Å². The number of hydrogen-bond donors (Lipinski definition) is 0. The fraction of sp³-hybridized carbons (Fsp3) is 0.120. The number of sulfonamides is 1. The second kappa shape index (κ2) is 7.31. The monoisotopic (exact) mass is 459 g/mol. The van der Waals surface area contributed by atoms with Gasteiger partial charge in [-0.1, -0.05) is 29.8 Å². The molecule has 0 radical (unpaired) electrons. The van der Waals surface area contributed by atoms with Crippen LogP contribution in [0.5, 0.6) is 0 Å². The van der Waals surface area contributed by atoms with Gasteiger partial charge in [-0.25, -0.2) is 12.7 Å². The van der Waals surface area contributed by atoms with Crippen molar-refractivity contribution in [2.24, 2.45) is 7.05 Å². The van der Waals surface area contributed by atoms with E-state index in [0.29, 0.717) is 22.3 Å². The molecule has 0 aliphatic carbocycles. The van der Waals surface area contributed by atoms with Crippen LogP contribution in [0.1, 0.15) is 15.9 Å². The summed E-state index contributed by atoms with van der Waals surface area (Å²) >= 11 is 0. The molecule has 5 rings (SSSR count). The molecule has 1 aliphatic rings. The molecule has 3 aromatic carbocycles. The molecule has 1 amide bonds. The van der Waals surface area contributed by atoms with Gasteiger partial charge in [-0.05, 0) is 49.4 Å². The number of rotatable bonds is 2. The van der Waals surface area contributed by atoms with E-state index in [0.717, 1.165) is 5.56 Å². The molecular weight excluding hydrogens is 438 g/mol. The van der Waals surface area contributed by atoms with Gasteiger partial charge in [0, 0.05) is 25.5 Å². The van der Waals surface area contributed by atoms with Crippen molar-refractivity contribution in [3.8, 4) is 0 Å². The lowest BCUT2D eigenvalue weighted by molar-refractivity contribution is 0.0994. The lowest BCUT2D eigenvalue weighted by atomic mass is 10.1. The molecule has 7 nitrogen and oxygen atoms in total. The number of amides is 1. The van der Waals surface area contributed by atoms with E-state index in [9.17, 15) is 18.0 Å². The highest BCUT2D eigenvalue weighted by Crippen LogP contribution is 2.46. The number of aromatic nitrogens is 1. The van der Waals surface area contributed by atoms with E-state index in [4.69, 9.17) is 0 Å². The second-order valence-corrected chi connectivity index (χ2v) is 9.85. The van der Waals surface area contributed by atoms with Crippen molar-refractivity contribution >= 4 is 43.9 Å². The molecular formula is C25H21N3O4S. The van der Waals surface area contributed by atoms with Crippen LogP contribution in [0.2, 0.25) is 0 Å². The maximum Gasteiger partial charge on any atom is 0.268 e. The van der Waals surface area contributed by atoms with Crippen molar-refractivity contribution < 1.29 is 13.2 Å². The van der Waals surface area contributed by atoms with Gasteiger partial charge < -0.3 is 9.47 Å². The predicted molar refractivity (Wildman–Crippen MR) is 129 cm³/mol. The highest BCUT2D eigenvalue weighted by atomic mass is 32.2. The molecule has 33 heavy (non-hydrogen) atoms. The van der Waals surface area contributed by atoms with Gasteiger partial charge in [-0.2, -0.15) is 0 Å². The zero-order chi connectivity index (χ0) is 23.5. The number of benzene rings is 3. The maximum absolute atomic E-state index is 14.1. The fourth-order valence-electron chi connectivity index (χ4n) is 4.22. The number of pyridine rings is 1. The molecule has 1 aromatic heterocycles. The summed E-state index contributed by atoms with van der Waals surface area (Å²) in [6.07, 6.45) is 0. The van der Waals surface area contributed by atoms with Gasteiger partial charge in [-0.3, -0.25) is 9.59 Å². The first kappa shape index (κ1) is 21.0. The minimum atomic E-state index is -4.12. The predicted octanol–water partition coefficient (Wildman–Crippen LogP) is 3.96. The van der Waals surface area contributed by atoms with Crippen LogP contribution in [-0.2, 0) is 17.1 Å². The van der Waals surface area contributed by atoms with E-state index in [2.05, 4.69) is 0 Å². The molecule has 0 N–H and O–H groups in total. The molecule has 4 aromatic rings. The highest BCUT2D eigenvalue weighted by molar-refractivity contribution is 7.93. The number of anilines is 3. The molecule has 0 unspecified atom stereocenters. The number of carbonyl (C=O) groups excluding carboxylic acids is 1. The van der Waals surface area contributed by atoms with E-state index in [1.165, 1.54) is 19.8 Å². The second-order valence-electron chi connectivity index (χ2n) is 8.06. The maximum atomic E-state index is 14.1. The van der Waals surface area contributed by atoms with Gasteiger partial charge in [0.15, 0.2) is 0 Å². The fourth-order valence-corrected chi connectivity index (χ4v) is 5.76. The minimum absolute atomic E-state index is 0.104. The van der Waals surface area contributed by atoms with Crippen LogP contribution in [0.4, 0.5) is 17.1 Å². The topological polar surface area (TPSA) is 79.7 Å². The first-order chi connectivity index (χ1) is 15.7. The zero-order valence-corrected chi connectivity index (χ0v) is 19.1. The van der Waals surface area contributed by atoms with Gasteiger partial charge in [0.1, 0.15) is 0 Å². The molecule has 166 valence electrons. The number of nitrogens with zero attached hydrogens (tertiary/aromatic N) is 3. The largest absolute Gasteiger partial charge is 0.311 e. The SMILES string of the molecule is Cc1ccc(S(=O)(=O)N2c3ccccc3C(=O)N(C)c3ccc4c(ccc(=O)n4C)c32)cc1. The normalized spacial score (nSPS) is 13.6. The summed E-state index contributed by atoms with van der Waals surface area (Å²) < 4.78 is 30.9. The summed E-state index contributed by atoms with van der Waals surface area (Å²) in [5.41, 5.74) is 2.56. The molecule has 0 saturated heterocycles. The van der Waals surface area contributed by atoms with Crippen LogP contribution < -0.4 is 14.8 Å². The van der Waals surface area contributed by atoms with Crippen LogP contribution in [-0.4, -0.2) is 25.9 Å². The van der Waals surface area contributed by atoms with Gasteiger partial charge in [0.05, 0.1) is 33.0 Å². The Labute approximate surface area is 191 Å². The third kappa shape index (κ3) is 3.06. The zero-order valence-electron chi connectivity index (χ0n) is 18.3. The molecule has 8 heteroatoms. The van der Waals surface area contributed by atoms with E-state index < -0.39 is 10.0 Å². The average Bonchev–Trinajstić information content (AvgIpc) is 2.90. The highest BCUT2D eigenvalue weighted by Gasteiger charge is 2.37. The van der Waals surface area contributed by atoms with Crippen LogP contribution >= 0.6 is 0 Å². The first-order valence-corrected chi connectivity index (χ1v) is 11.8. The summed E-state index contributed by atoms with van der Waals surface area (Å²) in [4.78, 5) is 27.2. The van der Waals surface area contributed by atoms with E-state index in [1.54, 1.807) is 80.8 Å². The van der Waals surface area contributed by atoms with Gasteiger partial charge in [0.2, 0.25) is 0 Å². The molecule has 0 bridgehead atoms. The average molecular weight is 460 g/mol. The summed E-state index contributed by atoms with van der Waals surface area (Å²) in [5.74, 6) is -0.322. The number of fused-ring (bicyclic) bond motifs is 4. The third-order valence-corrected chi connectivity index (χ3v) is 7.77. The Bertz CT molecular complexity index is 1610. The standard InChI is InChI=1S/C25H21N3O4S/c1-16-8-10-17(11-9-16)33(31,32)28-21-7-5-4-6-19(21)25(30)27(3)22-14-13-20-18(24(22)28)12-15-23(29)26(20)2/h4-15H,1-3H3. The summed E-state index contributed by atoms with van der Waals surface area (Å²) in [7, 11) is -0.870. The van der Waals surface area contributed by atoms with Gasteiger partial charge >= 0.3 is 0 Å².